The molecule has 0 fully saturated rings. The molecule has 27 heavy (non-hydrogen) atoms. The number of nitrogens with one attached hydrogen (secondary N) is 1. The minimum atomic E-state index is -1.21. The normalized spacial score (nSPS) is 10.6. The Bertz CT molecular complexity index is 469. The van der Waals surface area contributed by atoms with Crippen molar-refractivity contribution in [3.8, 4) is 0 Å². The SMILES string of the molecule is C=CC(=O)OCC(C)(COC(=O)C=C)NC(=O)OCCOCCOCCO. The van der Waals surface area contributed by atoms with Crippen molar-refractivity contribution in [2.24, 2.45) is 0 Å². The predicted octanol–water partition coefficient (Wildman–Crippen LogP) is -0.0448. The van der Waals surface area contributed by atoms with Crippen LogP contribution in [-0.4, -0.2) is 81.5 Å². The number of ether oxygens (including phenoxy) is 5. The first-order valence-electron chi connectivity index (χ1n) is 8.16. The summed E-state index contributed by atoms with van der Waals surface area (Å²) >= 11 is 0. The molecule has 154 valence electrons. The van der Waals surface area contributed by atoms with Crippen LogP contribution in [0.2, 0.25) is 0 Å². The van der Waals surface area contributed by atoms with E-state index >= 15 is 0 Å². The molecular weight excluding hydrogens is 362 g/mol. The fourth-order valence-electron chi connectivity index (χ4n) is 1.55. The van der Waals surface area contributed by atoms with Crippen molar-refractivity contribution in [1.82, 2.24) is 5.32 Å². The van der Waals surface area contributed by atoms with Gasteiger partial charge >= 0.3 is 18.0 Å². The molecule has 0 saturated carbocycles. The first kappa shape index (κ1) is 24.6. The standard InChI is InChI=1S/C17H27NO9/c1-4-14(20)26-12-17(3,13-27-15(21)5-2)18-16(22)25-11-10-24-9-8-23-7-6-19/h4-5,19H,1-2,6-13H2,3H3,(H,18,22). The number of carbonyl (C=O) groups is 3. The molecular formula is C17H27NO9. The molecule has 0 atom stereocenters. The minimum Gasteiger partial charge on any atom is -0.460 e. The number of hydrogen-bond acceptors (Lipinski definition) is 9. The van der Waals surface area contributed by atoms with Gasteiger partial charge in [-0.2, -0.15) is 0 Å². The van der Waals surface area contributed by atoms with Crippen molar-refractivity contribution in [2.75, 3.05) is 52.9 Å². The number of aliphatic hydroxyl groups excluding tert-OH is 1. The zero-order valence-corrected chi connectivity index (χ0v) is 15.4. The fourth-order valence-corrected chi connectivity index (χ4v) is 1.55. The molecule has 0 aromatic rings. The predicted molar refractivity (Wildman–Crippen MR) is 93.9 cm³/mol. The van der Waals surface area contributed by atoms with Crippen molar-refractivity contribution in [3.63, 3.8) is 0 Å². The highest BCUT2D eigenvalue weighted by molar-refractivity contribution is 5.81. The first-order chi connectivity index (χ1) is 12.9. The van der Waals surface area contributed by atoms with E-state index < -0.39 is 23.6 Å². The van der Waals surface area contributed by atoms with Gasteiger partial charge in [0.05, 0.1) is 33.0 Å². The summed E-state index contributed by atoms with van der Waals surface area (Å²) in [5, 5.41) is 11.0. The van der Waals surface area contributed by atoms with Crippen LogP contribution in [0.15, 0.2) is 25.3 Å². The van der Waals surface area contributed by atoms with Crippen molar-refractivity contribution >= 4 is 18.0 Å². The van der Waals surface area contributed by atoms with Crippen LogP contribution in [-0.2, 0) is 33.3 Å². The summed E-state index contributed by atoms with van der Waals surface area (Å²) in [5.74, 6) is -1.38. The molecule has 0 aromatic carbocycles. The second kappa shape index (κ2) is 14.7. The fraction of sp³-hybridized carbons (Fsp3) is 0.588. The van der Waals surface area contributed by atoms with Gasteiger partial charge in [-0.1, -0.05) is 13.2 Å². The second-order valence-corrected chi connectivity index (χ2v) is 5.39. The van der Waals surface area contributed by atoms with Crippen molar-refractivity contribution in [3.05, 3.63) is 25.3 Å². The zero-order chi connectivity index (χ0) is 20.5. The maximum atomic E-state index is 11.9. The number of esters is 2. The third-order valence-electron chi connectivity index (χ3n) is 2.87. The van der Waals surface area contributed by atoms with Gasteiger partial charge in [-0.05, 0) is 6.92 Å². The van der Waals surface area contributed by atoms with Gasteiger partial charge < -0.3 is 34.1 Å². The summed E-state index contributed by atoms with van der Waals surface area (Å²) in [4.78, 5) is 34.4. The van der Waals surface area contributed by atoms with Crippen LogP contribution in [0.4, 0.5) is 4.79 Å². The largest absolute Gasteiger partial charge is 0.460 e. The van der Waals surface area contributed by atoms with Gasteiger partial charge in [0.25, 0.3) is 0 Å². The van der Waals surface area contributed by atoms with E-state index in [0.717, 1.165) is 12.2 Å². The lowest BCUT2D eigenvalue weighted by Crippen LogP contribution is -2.53. The van der Waals surface area contributed by atoms with E-state index in [1.807, 2.05) is 0 Å². The number of aliphatic hydroxyl groups is 1. The Morgan fingerprint density at radius 1 is 0.889 bits per heavy atom. The van der Waals surface area contributed by atoms with Crippen LogP contribution < -0.4 is 5.32 Å². The maximum absolute atomic E-state index is 11.9. The van der Waals surface area contributed by atoms with Gasteiger partial charge in [-0.3, -0.25) is 0 Å². The number of carbonyl (C=O) groups excluding carboxylic acids is 3. The highest BCUT2D eigenvalue weighted by Gasteiger charge is 2.30. The van der Waals surface area contributed by atoms with E-state index in [1.54, 1.807) is 0 Å². The van der Waals surface area contributed by atoms with Crippen molar-refractivity contribution in [2.45, 2.75) is 12.5 Å². The van der Waals surface area contributed by atoms with Crippen molar-refractivity contribution in [1.29, 1.82) is 0 Å². The van der Waals surface area contributed by atoms with Gasteiger partial charge in [0.1, 0.15) is 25.4 Å². The molecule has 0 aliphatic rings. The Morgan fingerprint density at radius 2 is 1.37 bits per heavy atom. The van der Waals surface area contributed by atoms with Crippen LogP contribution in [0.1, 0.15) is 6.92 Å². The molecule has 0 aliphatic heterocycles. The summed E-state index contributed by atoms with van der Waals surface area (Å²) in [6.07, 6.45) is 1.13. The van der Waals surface area contributed by atoms with Crippen LogP contribution >= 0.6 is 0 Å². The summed E-state index contributed by atoms with van der Waals surface area (Å²) in [6.45, 7) is 8.40. The summed E-state index contributed by atoms with van der Waals surface area (Å²) in [7, 11) is 0. The van der Waals surface area contributed by atoms with Gasteiger partial charge in [-0.15, -0.1) is 0 Å². The topological polar surface area (TPSA) is 130 Å². The highest BCUT2D eigenvalue weighted by Crippen LogP contribution is 2.07. The van der Waals surface area contributed by atoms with Gasteiger partial charge in [0.15, 0.2) is 0 Å². The first-order valence-corrected chi connectivity index (χ1v) is 8.16. The molecule has 0 rings (SSSR count). The Balaban J connectivity index is 4.30. The molecule has 1 amide bonds. The number of amides is 1. The molecule has 10 heteroatoms. The second-order valence-electron chi connectivity index (χ2n) is 5.39. The van der Waals surface area contributed by atoms with Crippen LogP contribution in [0.25, 0.3) is 0 Å². The van der Waals surface area contributed by atoms with Gasteiger partial charge in [0.2, 0.25) is 0 Å². The molecule has 0 aromatic heterocycles. The van der Waals surface area contributed by atoms with Crippen LogP contribution in [0, 0.1) is 0 Å². The Kier molecular flexibility index (Phi) is 13.4. The van der Waals surface area contributed by atoms with E-state index in [2.05, 4.69) is 18.5 Å². The average Bonchev–Trinajstić information content (AvgIpc) is 2.66. The molecule has 0 bridgehead atoms. The van der Waals surface area contributed by atoms with E-state index in [4.69, 9.17) is 28.8 Å². The van der Waals surface area contributed by atoms with E-state index in [0.29, 0.717) is 6.61 Å². The summed E-state index contributed by atoms with van der Waals surface area (Å²) in [6, 6.07) is 0. The summed E-state index contributed by atoms with van der Waals surface area (Å²) in [5.41, 5.74) is -1.21. The molecule has 0 spiro atoms. The van der Waals surface area contributed by atoms with Gasteiger partial charge in [-0.25, -0.2) is 14.4 Å². The Morgan fingerprint density at radius 3 is 1.85 bits per heavy atom. The Hall–Kier alpha value is -2.43. The average molecular weight is 389 g/mol. The van der Waals surface area contributed by atoms with E-state index in [-0.39, 0.29) is 46.2 Å². The monoisotopic (exact) mass is 389 g/mol. The summed E-state index contributed by atoms with van der Waals surface area (Å²) < 4.78 is 24.9. The quantitative estimate of drug-likeness (QED) is 0.171. The number of alkyl carbamates (subject to hydrolysis) is 1. The lowest BCUT2D eigenvalue weighted by Gasteiger charge is -2.28. The number of hydrogen-bond donors (Lipinski definition) is 2. The number of rotatable bonds is 15. The van der Waals surface area contributed by atoms with E-state index in [9.17, 15) is 14.4 Å². The molecule has 10 nitrogen and oxygen atoms in total. The van der Waals surface area contributed by atoms with Crippen molar-refractivity contribution < 1.29 is 43.2 Å². The molecule has 2 N–H and O–H groups in total. The lowest BCUT2D eigenvalue weighted by atomic mass is 10.1. The lowest BCUT2D eigenvalue weighted by molar-refractivity contribution is -0.144. The van der Waals surface area contributed by atoms with Gasteiger partial charge in [0, 0.05) is 12.2 Å². The highest BCUT2D eigenvalue weighted by atomic mass is 16.6. The minimum absolute atomic E-state index is 0.0270. The molecule has 0 aliphatic carbocycles. The molecule has 0 heterocycles. The molecule has 0 unspecified atom stereocenters. The smallest absolute Gasteiger partial charge is 0.407 e. The third kappa shape index (κ3) is 13.4. The zero-order valence-electron chi connectivity index (χ0n) is 15.4. The molecule has 0 radical (unpaired) electrons. The maximum Gasteiger partial charge on any atom is 0.407 e. The van der Waals surface area contributed by atoms with Crippen LogP contribution in [0.3, 0.4) is 0 Å². The third-order valence-corrected chi connectivity index (χ3v) is 2.87. The van der Waals surface area contributed by atoms with E-state index in [1.165, 1.54) is 6.92 Å². The van der Waals surface area contributed by atoms with Crippen LogP contribution in [0.5, 0.6) is 0 Å². The molecule has 0 saturated heterocycles. The Labute approximate surface area is 158 Å².